The first-order valence-corrected chi connectivity index (χ1v) is 5.88. The molecule has 1 aromatic rings. The smallest absolute Gasteiger partial charge is 0.323 e. The highest BCUT2D eigenvalue weighted by Gasteiger charge is 2.14. The SMILES string of the molecule is CCOC(=O)C(N)Cc1ccc(I)cc1. The maximum absolute atomic E-state index is 11.3. The normalized spacial score (nSPS) is 12.2. The van der Waals surface area contributed by atoms with E-state index in [1.807, 2.05) is 24.3 Å². The lowest BCUT2D eigenvalue weighted by Gasteiger charge is -2.10. The fourth-order valence-electron chi connectivity index (χ4n) is 1.21. The van der Waals surface area contributed by atoms with E-state index in [1.54, 1.807) is 6.92 Å². The molecule has 1 aromatic carbocycles. The van der Waals surface area contributed by atoms with Crippen molar-refractivity contribution >= 4 is 28.6 Å². The van der Waals surface area contributed by atoms with E-state index in [2.05, 4.69) is 22.6 Å². The number of ether oxygens (including phenoxy) is 1. The van der Waals surface area contributed by atoms with Crippen molar-refractivity contribution in [2.45, 2.75) is 19.4 Å². The first kappa shape index (κ1) is 12.4. The molecule has 1 atom stereocenters. The van der Waals surface area contributed by atoms with Crippen molar-refractivity contribution < 1.29 is 9.53 Å². The Morgan fingerprint density at radius 3 is 2.60 bits per heavy atom. The summed E-state index contributed by atoms with van der Waals surface area (Å²) in [7, 11) is 0. The van der Waals surface area contributed by atoms with Gasteiger partial charge in [-0.3, -0.25) is 4.79 Å². The van der Waals surface area contributed by atoms with Crippen LogP contribution in [-0.4, -0.2) is 18.6 Å². The molecule has 0 saturated heterocycles. The zero-order valence-electron chi connectivity index (χ0n) is 8.57. The molecule has 0 amide bonds. The second-order valence-corrected chi connectivity index (χ2v) is 4.43. The predicted molar refractivity (Wildman–Crippen MR) is 67.5 cm³/mol. The first-order valence-electron chi connectivity index (χ1n) is 4.80. The minimum atomic E-state index is -0.565. The second kappa shape index (κ2) is 6.07. The molecule has 3 nitrogen and oxygen atoms in total. The van der Waals surface area contributed by atoms with Gasteiger partial charge in [0.2, 0.25) is 0 Å². The molecule has 0 radical (unpaired) electrons. The summed E-state index contributed by atoms with van der Waals surface area (Å²) in [5.41, 5.74) is 6.75. The lowest BCUT2D eigenvalue weighted by molar-refractivity contribution is -0.144. The maximum atomic E-state index is 11.3. The van der Waals surface area contributed by atoms with Crippen molar-refractivity contribution in [2.75, 3.05) is 6.61 Å². The summed E-state index contributed by atoms with van der Waals surface area (Å²) >= 11 is 2.23. The quantitative estimate of drug-likeness (QED) is 0.679. The van der Waals surface area contributed by atoms with Crippen LogP contribution in [-0.2, 0) is 16.0 Å². The summed E-state index contributed by atoms with van der Waals surface area (Å²) in [5.74, 6) is -0.337. The molecule has 0 aliphatic carbocycles. The zero-order chi connectivity index (χ0) is 11.3. The molecule has 82 valence electrons. The van der Waals surface area contributed by atoms with Crippen LogP contribution in [0.5, 0.6) is 0 Å². The van der Waals surface area contributed by atoms with Crippen LogP contribution in [0.2, 0.25) is 0 Å². The Hall–Kier alpha value is -0.620. The Balaban J connectivity index is 2.54. The topological polar surface area (TPSA) is 52.3 Å². The summed E-state index contributed by atoms with van der Waals surface area (Å²) in [6, 6.07) is 7.37. The second-order valence-electron chi connectivity index (χ2n) is 3.19. The number of esters is 1. The molecule has 0 heterocycles. The Labute approximate surface area is 103 Å². The summed E-state index contributed by atoms with van der Waals surface area (Å²) < 4.78 is 6.00. The average molecular weight is 319 g/mol. The van der Waals surface area contributed by atoms with Crippen LogP contribution < -0.4 is 5.73 Å². The third-order valence-corrected chi connectivity index (χ3v) is 2.68. The highest BCUT2D eigenvalue weighted by atomic mass is 127. The van der Waals surface area contributed by atoms with Gasteiger partial charge in [0.1, 0.15) is 6.04 Å². The molecule has 0 fully saturated rings. The molecule has 0 aliphatic heterocycles. The fraction of sp³-hybridized carbons (Fsp3) is 0.364. The van der Waals surface area contributed by atoms with Gasteiger partial charge in [-0.25, -0.2) is 0 Å². The number of halogens is 1. The first-order chi connectivity index (χ1) is 7.13. The van der Waals surface area contributed by atoms with E-state index in [1.165, 1.54) is 3.57 Å². The fourth-order valence-corrected chi connectivity index (χ4v) is 1.57. The van der Waals surface area contributed by atoms with Crippen molar-refractivity contribution in [3.8, 4) is 0 Å². The number of rotatable bonds is 4. The summed E-state index contributed by atoms with van der Waals surface area (Å²) in [6.07, 6.45) is 0.524. The van der Waals surface area contributed by atoms with Crippen LogP contribution >= 0.6 is 22.6 Å². The predicted octanol–water partition coefficient (Wildman–Crippen LogP) is 1.72. The van der Waals surface area contributed by atoms with E-state index < -0.39 is 6.04 Å². The van der Waals surface area contributed by atoms with E-state index in [9.17, 15) is 4.79 Å². The van der Waals surface area contributed by atoms with Crippen molar-refractivity contribution in [1.29, 1.82) is 0 Å². The van der Waals surface area contributed by atoms with Gasteiger partial charge < -0.3 is 10.5 Å². The standard InChI is InChI=1S/C11H14INO2/c1-2-15-11(14)10(13)7-8-3-5-9(12)6-4-8/h3-6,10H,2,7,13H2,1H3. The number of carbonyl (C=O) groups excluding carboxylic acids is 1. The van der Waals surface area contributed by atoms with Crippen molar-refractivity contribution in [2.24, 2.45) is 5.73 Å². The molecule has 0 aliphatic rings. The minimum absolute atomic E-state index is 0.337. The van der Waals surface area contributed by atoms with Gasteiger partial charge in [0, 0.05) is 3.57 Å². The number of benzene rings is 1. The van der Waals surface area contributed by atoms with Gasteiger partial charge in [0.15, 0.2) is 0 Å². The number of carbonyl (C=O) groups is 1. The van der Waals surface area contributed by atoms with Gasteiger partial charge >= 0.3 is 5.97 Å². The van der Waals surface area contributed by atoms with Crippen LogP contribution in [0.25, 0.3) is 0 Å². The molecular weight excluding hydrogens is 305 g/mol. The largest absolute Gasteiger partial charge is 0.465 e. The molecule has 0 bridgehead atoms. The molecule has 4 heteroatoms. The average Bonchev–Trinajstić information content (AvgIpc) is 2.22. The van der Waals surface area contributed by atoms with E-state index in [4.69, 9.17) is 10.5 Å². The lowest BCUT2D eigenvalue weighted by Crippen LogP contribution is -2.34. The monoisotopic (exact) mass is 319 g/mol. The molecule has 15 heavy (non-hydrogen) atoms. The van der Waals surface area contributed by atoms with Crippen LogP contribution in [0.3, 0.4) is 0 Å². The van der Waals surface area contributed by atoms with Crippen molar-refractivity contribution in [3.63, 3.8) is 0 Å². The highest BCUT2D eigenvalue weighted by Crippen LogP contribution is 2.08. The Kier molecular flexibility index (Phi) is 5.04. The number of nitrogens with two attached hydrogens (primary N) is 1. The number of hydrogen-bond donors (Lipinski definition) is 1. The van der Waals surface area contributed by atoms with Gasteiger partial charge in [-0.05, 0) is 53.6 Å². The lowest BCUT2D eigenvalue weighted by atomic mass is 10.1. The van der Waals surface area contributed by atoms with Crippen molar-refractivity contribution in [1.82, 2.24) is 0 Å². The van der Waals surface area contributed by atoms with Gasteiger partial charge in [0.05, 0.1) is 6.61 Å². The van der Waals surface area contributed by atoms with Crippen LogP contribution in [0.4, 0.5) is 0 Å². The summed E-state index contributed by atoms with van der Waals surface area (Å²) in [5, 5.41) is 0. The third-order valence-electron chi connectivity index (χ3n) is 1.96. The van der Waals surface area contributed by atoms with E-state index in [0.717, 1.165) is 5.56 Å². The summed E-state index contributed by atoms with van der Waals surface area (Å²) in [6.45, 7) is 2.15. The van der Waals surface area contributed by atoms with Crippen LogP contribution in [0.15, 0.2) is 24.3 Å². The Morgan fingerprint density at radius 2 is 2.07 bits per heavy atom. The van der Waals surface area contributed by atoms with Crippen LogP contribution in [0, 0.1) is 3.57 Å². The minimum Gasteiger partial charge on any atom is -0.465 e. The maximum Gasteiger partial charge on any atom is 0.323 e. The van der Waals surface area contributed by atoms with E-state index in [0.29, 0.717) is 13.0 Å². The third kappa shape index (κ3) is 4.17. The van der Waals surface area contributed by atoms with Gasteiger partial charge in [-0.15, -0.1) is 0 Å². The van der Waals surface area contributed by atoms with Gasteiger partial charge in [0.25, 0.3) is 0 Å². The molecular formula is C11H14INO2. The molecule has 1 rings (SSSR count). The Morgan fingerprint density at radius 1 is 1.47 bits per heavy atom. The van der Waals surface area contributed by atoms with Gasteiger partial charge in [-0.1, -0.05) is 12.1 Å². The molecule has 0 aromatic heterocycles. The van der Waals surface area contributed by atoms with Crippen LogP contribution in [0.1, 0.15) is 12.5 Å². The molecule has 2 N–H and O–H groups in total. The van der Waals surface area contributed by atoms with Gasteiger partial charge in [-0.2, -0.15) is 0 Å². The molecule has 0 saturated carbocycles. The summed E-state index contributed by atoms with van der Waals surface area (Å²) in [4.78, 5) is 11.3. The Bertz CT molecular complexity index is 324. The van der Waals surface area contributed by atoms with Crippen molar-refractivity contribution in [3.05, 3.63) is 33.4 Å². The van der Waals surface area contributed by atoms with E-state index in [-0.39, 0.29) is 5.97 Å². The zero-order valence-corrected chi connectivity index (χ0v) is 10.7. The molecule has 0 spiro atoms. The molecule has 1 unspecified atom stereocenters. The highest BCUT2D eigenvalue weighted by molar-refractivity contribution is 14.1. The van der Waals surface area contributed by atoms with E-state index >= 15 is 0 Å². The number of hydrogen-bond acceptors (Lipinski definition) is 3.